The molecule has 0 heterocycles. The average molecular weight is 249 g/mol. The summed E-state index contributed by atoms with van der Waals surface area (Å²) in [6.07, 6.45) is 2.29. The van der Waals surface area contributed by atoms with Crippen LogP contribution in [0.2, 0.25) is 0 Å². The van der Waals surface area contributed by atoms with Gasteiger partial charge in [-0.2, -0.15) is 0 Å². The van der Waals surface area contributed by atoms with Gasteiger partial charge in [0, 0.05) is 13.1 Å². The standard InChI is InChI=1S/C15H23NO2/c1-3-18-14-8-6-13(7-9-14)15(17)11-16(2)10-12-4-5-12/h6-9,12,15,17H,3-5,10-11H2,1-2H3. The second-order valence-electron chi connectivity index (χ2n) is 5.18. The zero-order chi connectivity index (χ0) is 13.0. The number of hydrogen-bond acceptors (Lipinski definition) is 3. The van der Waals surface area contributed by atoms with Crippen LogP contribution in [0.3, 0.4) is 0 Å². The topological polar surface area (TPSA) is 32.7 Å². The molecule has 1 fully saturated rings. The fourth-order valence-corrected chi connectivity index (χ4v) is 2.17. The summed E-state index contributed by atoms with van der Waals surface area (Å²) in [5, 5.41) is 10.2. The third-order valence-corrected chi connectivity index (χ3v) is 3.33. The Bertz CT molecular complexity index is 359. The fraction of sp³-hybridized carbons (Fsp3) is 0.600. The highest BCUT2D eigenvalue weighted by Gasteiger charge is 2.23. The molecule has 1 aliphatic carbocycles. The maximum Gasteiger partial charge on any atom is 0.119 e. The minimum absolute atomic E-state index is 0.413. The summed E-state index contributed by atoms with van der Waals surface area (Å²) in [5.74, 6) is 1.72. The van der Waals surface area contributed by atoms with Gasteiger partial charge in [0.15, 0.2) is 0 Å². The highest BCUT2D eigenvalue weighted by Crippen LogP contribution is 2.29. The lowest BCUT2D eigenvalue weighted by molar-refractivity contribution is 0.124. The van der Waals surface area contributed by atoms with Gasteiger partial charge in [-0.1, -0.05) is 12.1 Å². The Labute approximate surface area is 109 Å². The third kappa shape index (κ3) is 4.00. The molecule has 0 aliphatic heterocycles. The first kappa shape index (κ1) is 13.4. The molecule has 1 aliphatic rings. The molecule has 1 saturated carbocycles. The van der Waals surface area contributed by atoms with Crippen LogP contribution in [0.15, 0.2) is 24.3 Å². The molecule has 1 unspecified atom stereocenters. The lowest BCUT2D eigenvalue weighted by atomic mass is 10.1. The molecule has 3 nitrogen and oxygen atoms in total. The first-order valence-corrected chi connectivity index (χ1v) is 6.78. The molecule has 0 amide bonds. The number of benzene rings is 1. The third-order valence-electron chi connectivity index (χ3n) is 3.33. The molecule has 18 heavy (non-hydrogen) atoms. The van der Waals surface area contributed by atoms with Crippen LogP contribution in [0.25, 0.3) is 0 Å². The van der Waals surface area contributed by atoms with Crippen LogP contribution in [-0.4, -0.2) is 36.8 Å². The lowest BCUT2D eigenvalue weighted by Gasteiger charge is -2.20. The van der Waals surface area contributed by atoms with Crippen LogP contribution in [0.1, 0.15) is 31.4 Å². The number of aliphatic hydroxyl groups excluding tert-OH is 1. The monoisotopic (exact) mass is 249 g/mol. The summed E-state index contributed by atoms with van der Waals surface area (Å²) >= 11 is 0. The number of likely N-dealkylation sites (N-methyl/N-ethyl adjacent to an activating group) is 1. The van der Waals surface area contributed by atoms with Gasteiger partial charge in [-0.3, -0.25) is 0 Å². The van der Waals surface area contributed by atoms with E-state index in [9.17, 15) is 5.11 Å². The van der Waals surface area contributed by atoms with Crippen LogP contribution in [0, 0.1) is 5.92 Å². The van der Waals surface area contributed by atoms with Gasteiger partial charge >= 0.3 is 0 Å². The predicted octanol–water partition coefficient (Wildman–Crippen LogP) is 2.46. The Balaban J connectivity index is 1.84. The van der Waals surface area contributed by atoms with Crippen LogP contribution < -0.4 is 4.74 Å². The maximum absolute atomic E-state index is 10.2. The number of rotatable bonds is 7. The molecule has 1 aromatic rings. The van der Waals surface area contributed by atoms with Crippen molar-refractivity contribution in [1.82, 2.24) is 4.90 Å². The molecule has 0 radical (unpaired) electrons. The number of nitrogens with zero attached hydrogens (tertiary/aromatic N) is 1. The van der Waals surface area contributed by atoms with Crippen LogP contribution >= 0.6 is 0 Å². The van der Waals surface area contributed by atoms with E-state index in [-0.39, 0.29) is 0 Å². The molecule has 0 spiro atoms. The number of ether oxygens (including phenoxy) is 1. The lowest BCUT2D eigenvalue weighted by Crippen LogP contribution is -2.26. The van der Waals surface area contributed by atoms with Crippen molar-refractivity contribution in [2.75, 3.05) is 26.7 Å². The summed E-state index contributed by atoms with van der Waals surface area (Å²) in [6.45, 7) is 4.44. The quantitative estimate of drug-likeness (QED) is 0.805. The largest absolute Gasteiger partial charge is 0.494 e. The normalized spacial score (nSPS) is 16.9. The van der Waals surface area contributed by atoms with Gasteiger partial charge in [-0.25, -0.2) is 0 Å². The zero-order valence-electron chi connectivity index (χ0n) is 11.3. The van der Waals surface area contributed by atoms with E-state index in [0.717, 1.165) is 23.8 Å². The van der Waals surface area contributed by atoms with E-state index in [1.54, 1.807) is 0 Å². The van der Waals surface area contributed by atoms with Crippen molar-refractivity contribution in [3.05, 3.63) is 29.8 Å². The van der Waals surface area contributed by atoms with Gasteiger partial charge in [0.1, 0.15) is 5.75 Å². The van der Waals surface area contributed by atoms with Gasteiger partial charge in [-0.15, -0.1) is 0 Å². The molecule has 1 atom stereocenters. The van der Waals surface area contributed by atoms with Gasteiger partial charge in [0.25, 0.3) is 0 Å². The smallest absolute Gasteiger partial charge is 0.119 e. The molecule has 3 heteroatoms. The van der Waals surface area contributed by atoms with Crippen LogP contribution in [0.5, 0.6) is 5.75 Å². The summed E-state index contributed by atoms with van der Waals surface area (Å²) in [7, 11) is 2.08. The summed E-state index contributed by atoms with van der Waals surface area (Å²) in [4.78, 5) is 2.22. The SMILES string of the molecule is CCOc1ccc(C(O)CN(C)CC2CC2)cc1. The molecule has 2 rings (SSSR count). The number of hydrogen-bond donors (Lipinski definition) is 1. The Morgan fingerprint density at radius 2 is 2.00 bits per heavy atom. The van der Waals surface area contributed by atoms with E-state index in [1.807, 2.05) is 31.2 Å². The second-order valence-corrected chi connectivity index (χ2v) is 5.18. The minimum atomic E-state index is -0.413. The van der Waals surface area contributed by atoms with Crippen molar-refractivity contribution in [2.24, 2.45) is 5.92 Å². The van der Waals surface area contributed by atoms with Crippen molar-refractivity contribution < 1.29 is 9.84 Å². The van der Waals surface area contributed by atoms with Crippen molar-refractivity contribution >= 4 is 0 Å². The maximum atomic E-state index is 10.2. The van der Waals surface area contributed by atoms with Crippen LogP contribution in [0.4, 0.5) is 0 Å². The summed E-state index contributed by atoms with van der Waals surface area (Å²) in [6, 6.07) is 7.73. The predicted molar refractivity (Wildman–Crippen MR) is 72.8 cm³/mol. The first-order chi connectivity index (χ1) is 8.69. The zero-order valence-corrected chi connectivity index (χ0v) is 11.3. The van der Waals surface area contributed by atoms with E-state index >= 15 is 0 Å². The highest BCUT2D eigenvalue weighted by molar-refractivity contribution is 5.28. The van der Waals surface area contributed by atoms with Gasteiger partial charge < -0.3 is 14.7 Å². The van der Waals surface area contributed by atoms with E-state index in [0.29, 0.717) is 13.2 Å². The molecule has 1 N–H and O–H groups in total. The number of aliphatic hydroxyl groups is 1. The Morgan fingerprint density at radius 3 is 2.56 bits per heavy atom. The van der Waals surface area contributed by atoms with Gasteiger partial charge in [0.05, 0.1) is 12.7 Å². The van der Waals surface area contributed by atoms with Gasteiger partial charge in [0.2, 0.25) is 0 Å². The summed E-state index contributed by atoms with van der Waals surface area (Å²) in [5.41, 5.74) is 0.959. The molecule has 0 aromatic heterocycles. The second kappa shape index (κ2) is 6.21. The molecule has 100 valence electrons. The van der Waals surface area contributed by atoms with Crippen molar-refractivity contribution in [1.29, 1.82) is 0 Å². The van der Waals surface area contributed by atoms with Crippen molar-refractivity contribution in [3.8, 4) is 5.75 Å². The Hall–Kier alpha value is -1.06. The fourth-order valence-electron chi connectivity index (χ4n) is 2.17. The molecule has 0 bridgehead atoms. The minimum Gasteiger partial charge on any atom is -0.494 e. The van der Waals surface area contributed by atoms with E-state index in [1.165, 1.54) is 12.8 Å². The van der Waals surface area contributed by atoms with Gasteiger partial charge in [-0.05, 0) is 50.4 Å². The molecule has 0 saturated heterocycles. The highest BCUT2D eigenvalue weighted by atomic mass is 16.5. The first-order valence-electron chi connectivity index (χ1n) is 6.78. The Kier molecular flexibility index (Phi) is 4.61. The molecular weight excluding hydrogens is 226 g/mol. The molecular formula is C15H23NO2. The molecule has 1 aromatic carbocycles. The van der Waals surface area contributed by atoms with E-state index < -0.39 is 6.10 Å². The van der Waals surface area contributed by atoms with E-state index in [4.69, 9.17) is 4.74 Å². The van der Waals surface area contributed by atoms with E-state index in [2.05, 4.69) is 11.9 Å². The van der Waals surface area contributed by atoms with Crippen molar-refractivity contribution in [3.63, 3.8) is 0 Å². The average Bonchev–Trinajstić information content (AvgIpc) is 3.14. The Morgan fingerprint density at radius 1 is 1.33 bits per heavy atom. The van der Waals surface area contributed by atoms with Crippen LogP contribution in [-0.2, 0) is 0 Å². The summed E-state index contributed by atoms with van der Waals surface area (Å²) < 4.78 is 5.39. The van der Waals surface area contributed by atoms with Crippen molar-refractivity contribution in [2.45, 2.75) is 25.9 Å².